The fourth-order valence-corrected chi connectivity index (χ4v) is 9.50. The highest BCUT2D eigenvalue weighted by Gasteiger charge is 2.23. The van der Waals surface area contributed by atoms with Crippen molar-refractivity contribution in [1.29, 1.82) is 0 Å². The van der Waals surface area contributed by atoms with Crippen molar-refractivity contribution >= 4 is 88.5 Å². The van der Waals surface area contributed by atoms with Gasteiger partial charge in [0.25, 0.3) is 0 Å². The number of nitrogens with one attached hydrogen (secondary N) is 2. The Hall–Kier alpha value is -1.02. The Labute approximate surface area is 362 Å². The summed E-state index contributed by atoms with van der Waals surface area (Å²) in [5, 5.41) is 0. The molecule has 13 heteroatoms. The highest BCUT2D eigenvalue weighted by Crippen LogP contribution is 2.41. The lowest BCUT2D eigenvalue weighted by molar-refractivity contribution is 0.172. The molecule has 53 heavy (non-hydrogen) atoms. The molecule has 0 aliphatic carbocycles. The number of nitrogens with zero attached hydrogens (tertiary/aromatic N) is 2. The summed E-state index contributed by atoms with van der Waals surface area (Å²) in [6, 6.07) is 17.9. The van der Waals surface area contributed by atoms with Gasteiger partial charge in [-0.05, 0) is 174 Å². The maximum atomic E-state index is 6.07. The van der Waals surface area contributed by atoms with Gasteiger partial charge in [-0.25, -0.2) is 0 Å². The molecule has 4 N–H and O–H groups in total. The van der Waals surface area contributed by atoms with Crippen LogP contribution in [0.4, 0.5) is 0 Å². The van der Waals surface area contributed by atoms with Crippen LogP contribution < -0.4 is 9.47 Å². The lowest BCUT2D eigenvalue weighted by Gasteiger charge is -2.31. The van der Waals surface area contributed by atoms with Crippen LogP contribution in [0.15, 0.2) is 66.4 Å². The maximum Gasteiger partial charge on any atom is 0.143 e. The van der Waals surface area contributed by atoms with E-state index in [2.05, 4.69) is 161 Å². The Morgan fingerprint density at radius 1 is 0.528 bits per heavy atom. The maximum absolute atomic E-state index is 6.07. The summed E-state index contributed by atoms with van der Waals surface area (Å²) in [6.45, 7) is 17.6. The molecule has 2 saturated heterocycles. The van der Waals surface area contributed by atoms with Crippen LogP contribution in [0.1, 0.15) is 104 Å². The summed E-state index contributed by atoms with van der Waals surface area (Å²) < 4.78 is 16.1. The van der Waals surface area contributed by atoms with E-state index >= 15 is 0 Å². The lowest BCUT2D eigenvalue weighted by Crippen LogP contribution is -2.32. The Morgan fingerprint density at radius 3 is 1.19 bits per heavy atom. The minimum Gasteiger partial charge on any atom is -0.489 e. The molecule has 2 aromatic heterocycles. The van der Waals surface area contributed by atoms with Crippen LogP contribution >= 0.6 is 88.5 Å². The first-order chi connectivity index (χ1) is 23.9. The number of aromatic nitrogens is 2. The van der Waals surface area contributed by atoms with Gasteiger partial charge in [-0.15, -0.1) is 24.8 Å². The molecule has 0 spiro atoms. The standard InChI is InChI=1S/2C20H26Br2N2O.2ClH.H2O/c2*1-13(2)25-20-16(11-15(21)12-17(20)22)19-8-7-18(23-19)14(3)24-9-5-4-6-10-24;;;/h2*7-8,11-14,23H,4-6,9-10H2,1-3H3;2*1H;1H2. The van der Waals surface area contributed by atoms with Gasteiger partial charge in [0.15, 0.2) is 0 Å². The van der Waals surface area contributed by atoms with Crippen LogP contribution in [0.3, 0.4) is 0 Å². The van der Waals surface area contributed by atoms with E-state index in [9.17, 15) is 0 Å². The highest BCUT2D eigenvalue weighted by atomic mass is 79.9. The van der Waals surface area contributed by atoms with E-state index in [0.717, 1.165) is 51.9 Å². The second-order valence-corrected chi connectivity index (χ2v) is 17.6. The number of hydrogen-bond acceptors (Lipinski definition) is 4. The molecular formula is C40H56Br4Cl2N4O3. The predicted octanol–water partition coefficient (Wildman–Crippen LogP) is 13.1. The molecule has 2 fully saturated rings. The molecule has 7 nitrogen and oxygen atoms in total. The summed E-state index contributed by atoms with van der Waals surface area (Å²) in [6.07, 6.45) is 8.20. The molecule has 4 aromatic rings. The van der Waals surface area contributed by atoms with E-state index in [1.807, 2.05) is 12.1 Å². The van der Waals surface area contributed by atoms with Crippen molar-refractivity contribution in [3.8, 4) is 34.0 Å². The van der Waals surface area contributed by atoms with Crippen LogP contribution in [0, 0.1) is 0 Å². The third-order valence-electron chi connectivity index (χ3n) is 9.50. The second-order valence-electron chi connectivity index (χ2n) is 14.1. The molecular weight excluding hydrogens is 975 g/mol. The van der Waals surface area contributed by atoms with Crippen molar-refractivity contribution in [1.82, 2.24) is 19.8 Å². The zero-order chi connectivity index (χ0) is 35.9. The summed E-state index contributed by atoms with van der Waals surface area (Å²) in [5.74, 6) is 1.77. The summed E-state index contributed by atoms with van der Waals surface area (Å²) in [4.78, 5) is 12.4. The smallest absolute Gasteiger partial charge is 0.143 e. The molecule has 2 atom stereocenters. The monoisotopic (exact) mass is 1030 g/mol. The minimum atomic E-state index is 0. The van der Waals surface area contributed by atoms with Crippen molar-refractivity contribution < 1.29 is 14.9 Å². The van der Waals surface area contributed by atoms with Gasteiger partial charge in [-0.2, -0.15) is 0 Å². The van der Waals surface area contributed by atoms with Gasteiger partial charge in [-0.1, -0.05) is 44.7 Å². The number of benzene rings is 2. The molecule has 2 aliphatic heterocycles. The average Bonchev–Trinajstić information content (AvgIpc) is 3.78. The molecule has 0 bridgehead atoms. The highest BCUT2D eigenvalue weighted by molar-refractivity contribution is 9.11. The number of hydrogen-bond donors (Lipinski definition) is 2. The molecule has 2 unspecified atom stereocenters. The minimum absolute atomic E-state index is 0. The Balaban J connectivity index is 0.000000347. The Morgan fingerprint density at radius 2 is 0.868 bits per heavy atom. The van der Waals surface area contributed by atoms with Crippen LogP contribution in [0.5, 0.6) is 11.5 Å². The Kier molecular flexibility index (Phi) is 20.6. The summed E-state index contributed by atoms with van der Waals surface area (Å²) >= 11 is 14.5. The van der Waals surface area contributed by atoms with E-state index in [0.29, 0.717) is 12.1 Å². The molecule has 296 valence electrons. The van der Waals surface area contributed by atoms with E-state index < -0.39 is 0 Å². The van der Waals surface area contributed by atoms with Gasteiger partial charge in [-0.3, -0.25) is 9.80 Å². The quantitative estimate of drug-likeness (QED) is 0.166. The average molecular weight is 1030 g/mol. The Bertz CT molecular complexity index is 1580. The second kappa shape index (κ2) is 22.7. The number of rotatable bonds is 10. The van der Waals surface area contributed by atoms with Crippen LogP contribution in [-0.2, 0) is 0 Å². The number of ether oxygens (including phenoxy) is 2. The van der Waals surface area contributed by atoms with Gasteiger partial charge in [0, 0.05) is 54.9 Å². The summed E-state index contributed by atoms with van der Waals surface area (Å²) in [7, 11) is 0. The first kappa shape index (κ1) is 48.1. The molecule has 0 saturated carbocycles. The fraction of sp³-hybridized carbons (Fsp3) is 0.500. The first-order valence-corrected chi connectivity index (χ1v) is 21.3. The number of aromatic amines is 2. The van der Waals surface area contributed by atoms with Crippen molar-refractivity contribution in [2.75, 3.05) is 26.2 Å². The number of H-pyrrole nitrogens is 2. The first-order valence-electron chi connectivity index (χ1n) is 18.1. The number of halogens is 6. The SMILES string of the molecule is CC(C)Oc1c(Br)cc(Br)cc1-c1ccc(C(C)N2CCCCC2)[nH]1.CC(C)Oc1c(Br)cc(Br)cc1-c1ccc(C(C)N2CCCCC2)[nH]1.Cl.Cl.O. The summed E-state index contributed by atoms with van der Waals surface area (Å²) in [5.41, 5.74) is 6.87. The zero-order valence-corrected chi connectivity index (χ0v) is 39.5. The fourth-order valence-electron chi connectivity index (χ4n) is 6.86. The molecule has 0 radical (unpaired) electrons. The van der Waals surface area contributed by atoms with Gasteiger partial charge in [0.05, 0.1) is 21.2 Å². The molecule has 0 amide bonds. The zero-order valence-electron chi connectivity index (χ0n) is 31.5. The third-order valence-corrected chi connectivity index (χ3v) is 11.6. The van der Waals surface area contributed by atoms with Crippen LogP contribution in [-0.4, -0.2) is 63.6 Å². The van der Waals surface area contributed by atoms with E-state index in [-0.39, 0.29) is 42.5 Å². The molecule has 2 aliphatic rings. The van der Waals surface area contributed by atoms with Crippen LogP contribution in [0.2, 0.25) is 0 Å². The van der Waals surface area contributed by atoms with Crippen molar-refractivity contribution in [2.45, 2.75) is 104 Å². The predicted molar refractivity (Wildman–Crippen MR) is 241 cm³/mol. The number of likely N-dealkylation sites (tertiary alicyclic amines) is 2. The third kappa shape index (κ3) is 13.0. The van der Waals surface area contributed by atoms with Crippen molar-refractivity contribution in [2.24, 2.45) is 0 Å². The molecule has 6 rings (SSSR count). The molecule has 2 aromatic carbocycles. The van der Waals surface area contributed by atoms with Gasteiger partial charge in [0.1, 0.15) is 11.5 Å². The van der Waals surface area contributed by atoms with Crippen molar-refractivity contribution in [3.63, 3.8) is 0 Å². The number of piperidine rings is 2. The van der Waals surface area contributed by atoms with E-state index in [1.54, 1.807) is 0 Å². The van der Waals surface area contributed by atoms with E-state index in [4.69, 9.17) is 9.47 Å². The van der Waals surface area contributed by atoms with Gasteiger partial charge >= 0.3 is 0 Å². The van der Waals surface area contributed by atoms with Crippen LogP contribution in [0.25, 0.3) is 22.5 Å². The largest absolute Gasteiger partial charge is 0.489 e. The normalized spacial score (nSPS) is 16.1. The molecule has 4 heterocycles. The lowest BCUT2D eigenvalue weighted by atomic mass is 10.1. The van der Waals surface area contributed by atoms with E-state index in [1.165, 1.54) is 76.1 Å². The van der Waals surface area contributed by atoms with Gasteiger partial charge < -0.3 is 24.9 Å². The van der Waals surface area contributed by atoms with Crippen molar-refractivity contribution in [3.05, 3.63) is 77.8 Å². The van der Waals surface area contributed by atoms with Gasteiger partial charge in [0.2, 0.25) is 0 Å². The topological polar surface area (TPSA) is 88.0 Å².